The van der Waals surface area contributed by atoms with Gasteiger partial charge in [-0.05, 0) is 6.42 Å². The predicted octanol–water partition coefficient (Wildman–Crippen LogP) is 0.586. The summed E-state index contributed by atoms with van der Waals surface area (Å²) in [4.78, 5) is 0. The molecule has 0 rings (SSSR count). The Morgan fingerprint density at radius 1 is 1.55 bits per heavy atom. The van der Waals surface area contributed by atoms with Crippen molar-refractivity contribution < 1.29 is 14.6 Å². The van der Waals surface area contributed by atoms with E-state index in [1.165, 1.54) is 0 Å². The van der Waals surface area contributed by atoms with E-state index in [-0.39, 0.29) is 0 Å². The van der Waals surface area contributed by atoms with E-state index in [0.29, 0.717) is 19.8 Å². The molecule has 1 atom stereocenters. The smallest absolute Gasteiger partial charge is 0.101 e. The van der Waals surface area contributed by atoms with Crippen LogP contribution in [0.3, 0.4) is 0 Å². The Morgan fingerprint density at radius 3 is 2.82 bits per heavy atom. The molecule has 0 fully saturated rings. The summed E-state index contributed by atoms with van der Waals surface area (Å²) in [6.45, 7) is 4.82. The minimum absolute atomic E-state index is 0.327. The maximum Gasteiger partial charge on any atom is 0.101 e. The van der Waals surface area contributed by atoms with Crippen LogP contribution in [0, 0.1) is 0 Å². The second kappa shape index (κ2) is 7.72. The van der Waals surface area contributed by atoms with Gasteiger partial charge in [0.15, 0.2) is 0 Å². The Balaban J connectivity index is 3.03. The molecule has 0 saturated carbocycles. The highest BCUT2D eigenvalue weighted by molar-refractivity contribution is 4.64. The van der Waals surface area contributed by atoms with Crippen LogP contribution in [-0.4, -0.2) is 38.1 Å². The lowest BCUT2D eigenvalue weighted by molar-refractivity contribution is -0.00484. The van der Waals surface area contributed by atoms with Crippen LogP contribution in [0.15, 0.2) is 12.7 Å². The van der Waals surface area contributed by atoms with Crippen molar-refractivity contribution in [1.82, 2.24) is 0 Å². The molecule has 66 valence electrons. The highest BCUT2D eigenvalue weighted by Gasteiger charge is 2.01. The van der Waals surface area contributed by atoms with Crippen LogP contribution in [0.25, 0.3) is 0 Å². The number of methoxy groups -OCH3 is 1. The summed E-state index contributed by atoms with van der Waals surface area (Å²) in [7, 11) is 1.55. The predicted molar refractivity (Wildman–Crippen MR) is 43.5 cm³/mol. The fourth-order valence-electron chi connectivity index (χ4n) is 0.627. The molecule has 0 aliphatic carbocycles. The molecular formula is C8H16O3. The molecule has 0 aliphatic heterocycles. The van der Waals surface area contributed by atoms with Gasteiger partial charge in [0.05, 0.1) is 19.8 Å². The summed E-state index contributed by atoms with van der Waals surface area (Å²) in [6.07, 6.45) is 2.09. The van der Waals surface area contributed by atoms with E-state index in [1.54, 1.807) is 13.2 Å². The summed E-state index contributed by atoms with van der Waals surface area (Å²) in [6, 6.07) is 0. The Kier molecular flexibility index (Phi) is 7.46. The van der Waals surface area contributed by atoms with Crippen LogP contribution in [0.2, 0.25) is 0 Å². The normalized spacial score (nSPS) is 12.9. The van der Waals surface area contributed by atoms with Crippen molar-refractivity contribution in [3.8, 4) is 0 Å². The van der Waals surface area contributed by atoms with Crippen molar-refractivity contribution in [3.63, 3.8) is 0 Å². The van der Waals surface area contributed by atoms with Gasteiger partial charge in [0.2, 0.25) is 0 Å². The Morgan fingerprint density at radius 2 is 2.27 bits per heavy atom. The largest absolute Gasteiger partial charge is 0.388 e. The summed E-state index contributed by atoms with van der Waals surface area (Å²) >= 11 is 0. The lowest BCUT2D eigenvalue weighted by Crippen LogP contribution is -2.20. The minimum Gasteiger partial charge on any atom is -0.388 e. The lowest BCUT2D eigenvalue weighted by Gasteiger charge is -2.08. The van der Waals surface area contributed by atoms with E-state index in [1.807, 2.05) is 0 Å². The van der Waals surface area contributed by atoms with E-state index in [2.05, 4.69) is 6.58 Å². The average Bonchev–Trinajstić information content (AvgIpc) is 1.99. The molecule has 0 amide bonds. The number of aliphatic hydroxyl groups is 1. The van der Waals surface area contributed by atoms with Crippen molar-refractivity contribution in [3.05, 3.63) is 12.7 Å². The highest BCUT2D eigenvalue weighted by Crippen LogP contribution is 1.88. The average molecular weight is 160 g/mol. The lowest BCUT2D eigenvalue weighted by atomic mass is 10.4. The number of hydrogen-bond donors (Lipinski definition) is 1. The van der Waals surface area contributed by atoms with Gasteiger partial charge >= 0.3 is 0 Å². The van der Waals surface area contributed by atoms with E-state index < -0.39 is 6.10 Å². The van der Waals surface area contributed by atoms with Crippen molar-refractivity contribution in [2.75, 3.05) is 26.9 Å². The van der Waals surface area contributed by atoms with Gasteiger partial charge in [-0.2, -0.15) is 0 Å². The van der Waals surface area contributed by atoms with Gasteiger partial charge in [-0.15, -0.1) is 6.58 Å². The molecule has 0 spiro atoms. The van der Waals surface area contributed by atoms with Crippen molar-refractivity contribution in [2.24, 2.45) is 0 Å². The first kappa shape index (κ1) is 10.6. The standard InChI is InChI=1S/C8H16O3/c1-3-4-5-11-7-8(9)6-10-2/h3,8-9H,1,4-7H2,2H3. The van der Waals surface area contributed by atoms with Crippen molar-refractivity contribution >= 4 is 0 Å². The van der Waals surface area contributed by atoms with Crippen LogP contribution >= 0.6 is 0 Å². The van der Waals surface area contributed by atoms with Crippen LogP contribution < -0.4 is 0 Å². The molecule has 1 unspecified atom stereocenters. The van der Waals surface area contributed by atoms with E-state index in [9.17, 15) is 0 Å². The first-order chi connectivity index (χ1) is 5.31. The van der Waals surface area contributed by atoms with Crippen LogP contribution in [0.5, 0.6) is 0 Å². The summed E-state index contributed by atoms with van der Waals surface area (Å²) in [5.74, 6) is 0. The van der Waals surface area contributed by atoms with Gasteiger partial charge in [0.25, 0.3) is 0 Å². The molecular weight excluding hydrogens is 144 g/mol. The maximum atomic E-state index is 9.07. The van der Waals surface area contributed by atoms with Gasteiger partial charge in [-0.3, -0.25) is 0 Å². The zero-order chi connectivity index (χ0) is 8.53. The number of aliphatic hydroxyl groups excluding tert-OH is 1. The first-order valence-electron chi connectivity index (χ1n) is 3.67. The number of rotatable bonds is 7. The second-order valence-corrected chi connectivity index (χ2v) is 2.26. The molecule has 3 heteroatoms. The molecule has 0 bridgehead atoms. The zero-order valence-corrected chi connectivity index (χ0v) is 6.95. The van der Waals surface area contributed by atoms with Gasteiger partial charge in [-0.25, -0.2) is 0 Å². The Bertz CT molecular complexity index is 93.3. The molecule has 0 radical (unpaired) electrons. The third-order valence-corrected chi connectivity index (χ3v) is 1.14. The van der Waals surface area contributed by atoms with E-state index in [4.69, 9.17) is 14.6 Å². The molecule has 0 saturated heterocycles. The van der Waals surface area contributed by atoms with Crippen LogP contribution in [0.1, 0.15) is 6.42 Å². The molecule has 3 nitrogen and oxygen atoms in total. The van der Waals surface area contributed by atoms with E-state index in [0.717, 1.165) is 6.42 Å². The van der Waals surface area contributed by atoms with Crippen molar-refractivity contribution in [1.29, 1.82) is 0 Å². The van der Waals surface area contributed by atoms with Gasteiger partial charge in [-0.1, -0.05) is 6.08 Å². The molecule has 0 heterocycles. The molecule has 0 aromatic carbocycles. The Hall–Kier alpha value is -0.380. The summed E-state index contributed by atoms with van der Waals surface area (Å²) in [5, 5.41) is 9.07. The van der Waals surface area contributed by atoms with Gasteiger partial charge in [0.1, 0.15) is 6.10 Å². The minimum atomic E-state index is -0.509. The fraction of sp³-hybridized carbons (Fsp3) is 0.750. The molecule has 1 N–H and O–H groups in total. The monoisotopic (exact) mass is 160 g/mol. The summed E-state index contributed by atoms with van der Waals surface area (Å²) < 4.78 is 9.80. The fourth-order valence-corrected chi connectivity index (χ4v) is 0.627. The SMILES string of the molecule is C=CCCOCC(O)COC. The maximum absolute atomic E-state index is 9.07. The van der Waals surface area contributed by atoms with Gasteiger partial charge in [0, 0.05) is 7.11 Å². The quantitative estimate of drug-likeness (QED) is 0.437. The molecule has 0 aromatic rings. The van der Waals surface area contributed by atoms with Gasteiger partial charge < -0.3 is 14.6 Å². The summed E-state index contributed by atoms with van der Waals surface area (Å²) in [5.41, 5.74) is 0. The first-order valence-corrected chi connectivity index (χ1v) is 3.67. The topological polar surface area (TPSA) is 38.7 Å². The Labute approximate surface area is 67.6 Å². The molecule has 0 aromatic heterocycles. The highest BCUT2D eigenvalue weighted by atomic mass is 16.5. The zero-order valence-electron chi connectivity index (χ0n) is 6.95. The number of ether oxygens (including phenoxy) is 2. The second-order valence-electron chi connectivity index (χ2n) is 2.26. The van der Waals surface area contributed by atoms with E-state index >= 15 is 0 Å². The van der Waals surface area contributed by atoms with Crippen LogP contribution in [0.4, 0.5) is 0 Å². The third-order valence-electron chi connectivity index (χ3n) is 1.14. The molecule has 11 heavy (non-hydrogen) atoms. The number of hydrogen-bond acceptors (Lipinski definition) is 3. The molecule has 0 aliphatic rings. The van der Waals surface area contributed by atoms with Crippen LogP contribution in [-0.2, 0) is 9.47 Å². The third kappa shape index (κ3) is 7.52. The van der Waals surface area contributed by atoms with Crippen molar-refractivity contribution in [2.45, 2.75) is 12.5 Å².